The fourth-order valence-electron chi connectivity index (χ4n) is 6.58. The molecule has 0 bridgehead atoms. The summed E-state index contributed by atoms with van der Waals surface area (Å²) in [6.45, 7) is 13.6. The lowest BCUT2D eigenvalue weighted by Gasteiger charge is -2.19. The van der Waals surface area contributed by atoms with Crippen LogP contribution in [0, 0.1) is 11.8 Å². The molecule has 2 aliphatic carbocycles. The van der Waals surface area contributed by atoms with E-state index >= 15 is 0 Å². The second kappa shape index (κ2) is 13.1. The number of benzene rings is 3. The average molecular weight is 558 g/mol. The van der Waals surface area contributed by atoms with Crippen molar-refractivity contribution in [1.29, 1.82) is 0 Å². The smallest absolute Gasteiger partial charge is 0.232 e. The minimum Gasteiger partial charge on any atom is -0.232 e. The molecule has 2 heteroatoms. The molecule has 0 spiro atoms. The van der Waals surface area contributed by atoms with Crippen LogP contribution in [0.5, 0.6) is 0 Å². The van der Waals surface area contributed by atoms with E-state index in [1.807, 2.05) is 0 Å². The molecule has 4 aromatic rings. The number of rotatable bonds is 7. The highest BCUT2D eigenvalue weighted by molar-refractivity contribution is 5.85. The van der Waals surface area contributed by atoms with E-state index in [-0.39, 0.29) is 0 Å². The lowest BCUT2D eigenvalue weighted by Crippen LogP contribution is -2.29. The van der Waals surface area contributed by atoms with Crippen LogP contribution in [0.15, 0.2) is 90.8 Å². The first kappa shape index (κ1) is 29.8. The second-order valence-corrected chi connectivity index (χ2v) is 13.0. The van der Waals surface area contributed by atoms with E-state index in [1.54, 1.807) is 5.57 Å². The molecule has 2 nitrogen and oxygen atoms in total. The average Bonchev–Trinajstić information content (AvgIpc) is 3.53. The molecule has 0 unspecified atom stereocenters. The van der Waals surface area contributed by atoms with E-state index in [9.17, 15) is 0 Å². The first-order valence-electron chi connectivity index (χ1n) is 16.1. The van der Waals surface area contributed by atoms with E-state index in [1.165, 1.54) is 75.3 Å². The summed E-state index contributed by atoms with van der Waals surface area (Å²) in [5, 5.41) is 0. The van der Waals surface area contributed by atoms with Gasteiger partial charge in [-0.05, 0) is 96.0 Å². The van der Waals surface area contributed by atoms with Crippen molar-refractivity contribution in [3.63, 3.8) is 0 Å². The molecule has 0 amide bonds. The second-order valence-electron chi connectivity index (χ2n) is 13.0. The van der Waals surface area contributed by atoms with Crippen LogP contribution >= 0.6 is 0 Å². The van der Waals surface area contributed by atoms with Gasteiger partial charge in [-0.25, -0.2) is 4.57 Å². The van der Waals surface area contributed by atoms with Crippen LogP contribution in [0.3, 0.4) is 0 Å². The number of nitrogens with zero attached hydrogens (tertiary/aromatic N) is 2. The summed E-state index contributed by atoms with van der Waals surface area (Å²) in [6.07, 6.45) is 16.0. The van der Waals surface area contributed by atoms with Crippen molar-refractivity contribution < 1.29 is 4.57 Å². The van der Waals surface area contributed by atoms with E-state index in [2.05, 4.69) is 143 Å². The highest BCUT2D eigenvalue weighted by atomic mass is 15.1. The van der Waals surface area contributed by atoms with Crippen LogP contribution in [-0.4, -0.2) is 4.57 Å². The number of aryl methyl sites for hydroxylation is 1. The van der Waals surface area contributed by atoms with E-state index in [4.69, 9.17) is 0 Å². The zero-order valence-electron chi connectivity index (χ0n) is 26.9. The van der Waals surface area contributed by atoms with Gasteiger partial charge in [-0.1, -0.05) is 102 Å². The Bertz CT molecular complexity index is 1560. The SMILES string of the molecule is CC(C)Cc1cc(-c2ccccc2)cc(CC(C)C)c1-n1cc[n+](C)c1-c1ccc2c(c1)C1=C(CCC=C1)C2.CCC. The maximum absolute atomic E-state index is 2.48. The molecule has 0 aliphatic heterocycles. The van der Waals surface area contributed by atoms with Gasteiger partial charge in [0, 0.05) is 11.1 Å². The van der Waals surface area contributed by atoms with E-state index in [0.717, 1.165) is 19.3 Å². The number of imidazole rings is 1. The number of hydrogen-bond acceptors (Lipinski definition) is 0. The van der Waals surface area contributed by atoms with Crippen molar-refractivity contribution in [1.82, 2.24) is 4.57 Å². The van der Waals surface area contributed by atoms with Crippen molar-refractivity contribution in [3.8, 4) is 28.2 Å². The minimum absolute atomic E-state index is 0.567. The minimum atomic E-state index is 0.567. The molecule has 0 radical (unpaired) electrons. The molecule has 1 aromatic heterocycles. The van der Waals surface area contributed by atoms with E-state index in [0.29, 0.717) is 11.8 Å². The monoisotopic (exact) mass is 557 g/mol. The molecule has 2 aliphatic rings. The molecule has 0 N–H and O–H groups in total. The molecule has 1 heterocycles. The van der Waals surface area contributed by atoms with Crippen LogP contribution in [0.2, 0.25) is 0 Å². The molecule has 42 heavy (non-hydrogen) atoms. The summed E-state index contributed by atoms with van der Waals surface area (Å²) in [5.74, 6) is 2.38. The molecule has 218 valence electrons. The molecule has 0 fully saturated rings. The zero-order valence-corrected chi connectivity index (χ0v) is 26.9. The van der Waals surface area contributed by atoms with Crippen molar-refractivity contribution >= 4 is 5.57 Å². The molecule has 3 aromatic carbocycles. The fourth-order valence-corrected chi connectivity index (χ4v) is 6.58. The summed E-state index contributed by atoms with van der Waals surface area (Å²) >= 11 is 0. The van der Waals surface area contributed by atoms with Gasteiger partial charge < -0.3 is 0 Å². The Morgan fingerprint density at radius 2 is 1.48 bits per heavy atom. The predicted molar refractivity (Wildman–Crippen MR) is 180 cm³/mol. The molecular formula is C40H49N2+. The zero-order chi connectivity index (χ0) is 29.8. The van der Waals surface area contributed by atoms with Crippen molar-refractivity contribution in [2.24, 2.45) is 18.9 Å². The molecule has 0 saturated heterocycles. The molecule has 6 rings (SSSR count). The van der Waals surface area contributed by atoms with Gasteiger partial charge in [0.2, 0.25) is 0 Å². The lowest BCUT2D eigenvalue weighted by molar-refractivity contribution is -0.659. The van der Waals surface area contributed by atoms with E-state index < -0.39 is 0 Å². The van der Waals surface area contributed by atoms with Gasteiger partial charge in [0.05, 0.1) is 12.6 Å². The van der Waals surface area contributed by atoms with Gasteiger partial charge in [-0.3, -0.25) is 0 Å². The summed E-state index contributed by atoms with van der Waals surface area (Å²) in [7, 11) is 2.19. The van der Waals surface area contributed by atoms with Crippen molar-refractivity contribution in [2.45, 2.75) is 80.1 Å². The van der Waals surface area contributed by atoms with Gasteiger partial charge in [-0.15, -0.1) is 0 Å². The van der Waals surface area contributed by atoms with Crippen LogP contribution in [0.4, 0.5) is 0 Å². The summed E-state index contributed by atoms with van der Waals surface area (Å²) < 4.78 is 4.78. The van der Waals surface area contributed by atoms with Crippen molar-refractivity contribution in [3.05, 3.63) is 113 Å². The number of allylic oxidation sites excluding steroid dienone is 4. The maximum Gasteiger partial charge on any atom is 0.293 e. The van der Waals surface area contributed by atoms with Gasteiger partial charge in [0.15, 0.2) is 0 Å². The Balaban J connectivity index is 0.00000113. The predicted octanol–water partition coefficient (Wildman–Crippen LogP) is 10.1. The normalized spacial score (nSPS) is 13.8. The third kappa shape index (κ3) is 6.24. The first-order valence-corrected chi connectivity index (χ1v) is 16.1. The Hall–Kier alpha value is -3.65. The summed E-state index contributed by atoms with van der Waals surface area (Å²) in [6, 6.07) is 22.9. The summed E-state index contributed by atoms with van der Waals surface area (Å²) in [4.78, 5) is 0. The standard InChI is InChI=1S/C37H41N2.C3H8/c1-25(2)19-32-22-31(27-11-7-6-8-12-27)23-33(20-26(3)4)36(32)39-18-17-38(5)37(39)30-16-15-29-21-28-13-9-10-14-34(28)35(29)24-30;1-3-2/h6-8,10-12,14-18,22-26H,9,13,19-21H2,1-5H3;3H2,1-2H3/q+1;. The van der Waals surface area contributed by atoms with Gasteiger partial charge in [-0.2, -0.15) is 4.57 Å². The molecular weight excluding hydrogens is 508 g/mol. The third-order valence-corrected chi connectivity index (χ3v) is 8.21. The quantitative estimate of drug-likeness (QED) is 0.200. The molecule has 0 saturated carbocycles. The Kier molecular flexibility index (Phi) is 9.31. The topological polar surface area (TPSA) is 8.81 Å². The largest absolute Gasteiger partial charge is 0.293 e. The molecule has 0 atom stereocenters. The van der Waals surface area contributed by atoms with Gasteiger partial charge in [0.1, 0.15) is 18.1 Å². The van der Waals surface area contributed by atoms with Crippen molar-refractivity contribution in [2.75, 3.05) is 0 Å². The van der Waals surface area contributed by atoms with Crippen LogP contribution in [0.1, 0.15) is 83.1 Å². The number of aromatic nitrogens is 2. The van der Waals surface area contributed by atoms with Gasteiger partial charge in [0.25, 0.3) is 5.82 Å². The summed E-state index contributed by atoms with van der Waals surface area (Å²) in [5.41, 5.74) is 14.1. The third-order valence-electron chi connectivity index (χ3n) is 8.21. The van der Waals surface area contributed by atoms with Crippen LogP contribution < -0.4 is 4.57 Å². The Morgan fingerprint density at radius 3 is 2.12 bits per heavy atom. The highest BCUT2D eigenvalue weighted by Gasteiger charge is 2.28. The number of fused-ring (bicyclic) bond motifs is 2. The van der Waals surface area contributed by atoms with Gasteiger partial charge >= 0.3 is 0 Å². The number of hydrogen-bond donors (Lipinski definition) is 0. The lowest BCUT2D eigenvalue weighted by atomic mass is 9.89. The maximum atomic E-state index is 2.48. The van der Waals surface area contributed by atoms with Crippen LogP contribution in [0.25, 0.3) is 33.8 Å². The van der Waals surface area contributed by atoms with Crippen LogP contribution in [-0.2, 0) is 26.3 Å². The Labute approximate surface area is 254 Å². The Morgan fingerprint density at radius 1 is 0.810 bits per heavy atom. The highest BCUT2D eigenvalue weighted by Crippen LogP contribution is 2.40. The fraction of sp³-hybridized carbons (Fsp3) is 0.375. The first-order chi connectivity index (χ1) is 20.3.